The van der Waals surface area contributed by atoms with Crippen molar-refractivity contribution in [2.75, 3.05) is 13.2 Å². The highest BCUT2D eigenvalue weighted by Gasteiger charge is 2.13. The highest BCUT2D eigenvalue weighted by molar-refractivity contribution is 4.99. The molecule has 2 atom stereocenters. The van der Waals surface area contributed by atoms with Crippen LogP contribution in [0.5, 0.6) is 0 Å². The van der Waals surface area contributed by atoms with Crippen LogP contribution in [0.25, 0.3) is 0 Å². The van der Waals surface area contributed by atoms with Crippen molar-refractivity contribution in [2.24, 2.45) is 11.8 Å². The number of aliphatic hydroxyl groups is 2. The third kappa shape index (κ3) is 5.20. The van der Waals surface area contributed by atoms with Crippen LogP contribution in [0.2, 0.25) is 0 Å². The van der Waals surface area contributed by atoms with Crippen LogP contribution in [-0.2, 0) is 0 Å². The molecule has 0 aromatic heterocycles. The van der Waals surface area contributed by atoms with Crippen LogP contribution >= 0.6 is 0 Å². The lowest BCUT2D eigenvalue weighted by Gasteiger charge is -2.17. The number of aliphatic hydroxyl groups excluding tert-OH is 2. The quantitative estimate of drug-likeness (QED) is 0.615. The van der Waals surface area contributed by atoms with Gasteiger partial charge >= 0.3 is 0 Å². The number of hydrogen-bond acceptors (Lipinski definition) is 2. The topological polar surface area (TPSA) is 40.5 Å². The Morgan fingerprint density at radius 2 is 1.21 bits per heavy atom. The molecule has 0 aliphatic rings. The summed E-state index contributed by atoms with van der Waals surface area (Å²) >= 11 is 0. The summed E-state index contributed by atoms with van der Waals surface area (Å²) in [5.74, 6) is 0.0884. The molecule has 0 aliphatic carbocycles. The van der Waals surface area contributed by atoms with Crippen molar-refractivity contribution in [1.29, 1.82) is 0 Å². The molecule has 0 aliphatic heterocycles. The van der Waals surface area contributed by atoms with Crippen LogP contribution in [0.1, 0.15) is 26.7 Å². The molecule has 2 N–H and O–H groups in total. The summed E-state index contributed by atoms with van der Waals surface area (Å²) in [4.78, 5) is 0. The molecule has 0 spiro atoms. The Morgan fingerprint density at radius 1 is 0.857 bits per heavy atom. The van der Waals surface area contributed by atoms with Crippen LogP contribution < -0.4 is 0 Å². The zero-order valence-corrected chi connectivity index (χ0v) is 9.19. The fourth-order valence-corrected chi connectivity index (χ4v) is 1.30. The summed E-state index contributed by atoms with van der Waals surface area (Å²) in [6.07, 6.45) is 9.96. The second kappa shape index (κ2) is 8.97. The van der Waals surface area contributed by atoms with Crippen LogP contribution in [0.4, 0.5) is 0 Å². The van der Waals surface area contributed by atoms with E-state index in [0.717, 1.165) is 12.8 Å². The molecule has 0 heterocycles. The summed E-state index contributed by atoms with van der Waals surface area (Å²) in [5.41, 5.74) is 0. The predicted octanol–water partition coefficient (Wildman–Crippen LogP) is 2.14. The molecule has 0 rings (SSSR count). The van der Waals surface area contributed by atoms with Crippen molar-refractivity contribution >= 4 is 0 Å². The van der Waals surface area contributed by atoms with Gasteiger partial charge in [-0.05, 0) is 12.8 Å². The second-order valence-corrected chi connectivity index (χ2v) is 3.37. The van der Waals surface area contributed by atoms with E-state index in [2.05, 4.69) is 13.8 Å². The maximum atomic E-state index is 9.16. The van der Waals surface area contributed by atoms with Gasteiger partial charge < -0.3 is 10.2 Å². The minimum Gasteiger partial charge on any atom is -0.396 e. The molecule has 0 saturated carbocycles. The van der Waals surface area contributed by atoms with E-state index in [9.17, 15) is 0 Å². The molecule has 0 aromatic rings. The zero-order chi connectivity index (χ0) is 10.8. The number of hydrogen-bond donors (Lipinski definition) is 2. The fourth-order valence-electron chi connectivity index (χ4n) is 1.30. The van der Waals surface area contributed by atoms with Crippen molar-refractivity contribution in [1.82, 2.24) is 0 Å². The lowest BCUT2D eigenvalue weighted by molar-refractivity contribution is 0.170. The van der Waals surface area contributed by atoms with Crippen LogP contribution in [-0.4, -0.2) is 23.4 Å². The van der Waals surface area contributed by atoms with Gasteiger partial charge in [-0.25, -0.2) is 0 Å². The van der Waals surface area contributed by atoms with Gasteiger partial charge in [-0.15, -0.1) is 0 Å². The van der Waals surface area contributed by atoms with Gasteiger partial charge in [0.2, 0.25) is 0 Å². The number of allylic oxidation sites excluding steroid dienone is 2. The Labute approximate surface area is 87.0 Å². The third-order valence-electron chi connectivity index (χ3n) is 2.21. The lowest BCUT2D eigenvalue weighted by atomic mass is 9.92. The Bertz CT molecular complexity index is 153. The van der Waals surface area contributed by atoms with Gasteiger partial charge in [-0.2, -0.15) is 0 Å². The van der Waals surface area contributed by atoms with E-state index in [0.29, 0.717) is 0 Å². The van der Waals surface area contributed by atoms with E-state index in [-0.39, 0.29) is 25.0 Å². The SMILES string of the molecule is CC/C=C/[C@H](CO)[C@@H](/C=C/CC)CO. The summed E-state index contributed by atoms with van der Waals surface area (Å²) in [7, 11) is 0. The molecule has 0 fully saturated rings. The van der Waals surface area contributed by atoms with Gasteiger partial charge in [0.05, 0.1) is 0 Å². The van der Waals surface area contributed by atoms with Gasteiger partial charge in [-0.1, -0.05) is 38.2 Å². The molecule has 0 saturated heterocycles. The van der Waals surface area contributed by atoms with Crippen LogP contribution in [0.15, 0.2) is 24.3 Å². The van der Waals surface area contributed by atoms with Crippen molar-refractivity contribution in [3.05, 3.63) is 24.3 Å². The normalized spacial score (nSPS) is 16.6. The van der Waals surface area contributed by atoms with Gasteiger partial charge in [0, 0.05) is 25.0 Å². The van der Waals surface area contributed by atoms with E-state index < -0.39 is 0 Å². The summed E-state index contributed by atoms with van der Waals surface area (Å²) in [6.45, 7) is 4.30. The largest absolute Gasteiger partial charge is 0.396 e. The van der Waals surface area contributed by atoms with Gasteiger partial charge in [0.25, 0.3) is 0 Å². The molecule has 0 aromatic carbocycles. The first-order valence-corrected chi connectivity index (χ1v) is 5.35. The summed E-state index contributed by atoms with van der Waals surface area (Å²) in [5, 5.41) is 18.3. The first-order valence-electron chi connectivity index (χ1n) is 5.35. The Balaban J connectivity index is 4.28. The first kappa shape index (κ1) is 13.4. The van der Waals surface area contributed by atoms with E-state index >= 15 is 0 Å². The molecule has 2 nitrogen and oxygen atoms in total. The van der Waals surface area contributed by atoms with Crippen molar-refractivity contribution in [2.45, 2.75) is 26.7 Å². The maximum absolute atomic E-state index is 9.16. The highest BCUT2D eigenvalue weighted by Crippen LogP contribution is 2.15. The Kier molecular flexibility index (Phi) is 8.59. The van der Waals surface area contributed by atoms with E-state index in [4.69, 9.17) is 10.2 Å². The van der Waals surface area contributed by atoms with Crippen molar-refractivity contribution in [3.63, 3.8) is 0 Å². The molecule has 0 amide bonds. The van der Waals surface area contributed by atoms with Gasteiger partial charge in [0.15, 0.2) is 0 Å². The van der Waals surface area contributed by atoms with Crippen molar-refractivity contribution < 1.29 is 10.2 Å². The highest BCUT2D eigenvalue weighted by atomic mass is 16.3. The van der Waals surface area contributed by atoms with E-state index in [1.165, 1.54) is 0 Å². The van der Waals surface area contributed by atoms with Gasteiger partial charge in [-0.3, -0.25) is 0 Å². The zero-order valence-electron chi connectivity index (χ0n) is 9.19. The average molecular weight is 198 g/mol. The second-order valence-electron chi connectivity index (χ2n) is 3.37. The van der Waals surface area contributed by atoms with E-state index in [1.54, 1.807) is 0 Å². The molecule has 82 valence electrons. The molecular formula is C12H22O2. The summed E-state index contributed by atoms with van der Waals surface area (Å²) < 4.78 is 0. The maximum Gasteiger partial charge on any atom is 0.0500 e. The summed E-state index contributed by atoms with van der Waals surface area (Å²) in [6, 6.07) is 0. The lowest BCUT2D eigenvalue weighted by Crippen LogP contribution is -2.18. The van der Waals surface area contributed by atoms with Crippen LogP contribution in [0, 0.1) is 11.8 Å². The molecule has 0 radical (unpaired) electrons. The predicted molar refractivity (Wildman–Crippen MR) is 60.0 cm³/mol. The molecule has 0 unspecified atom stereocenters. The molecule has 0 bridgehead atoms. The monoisotopic (exact) mass is 198 g/mol. The Hall–Kier alpha value is -0.600. The average Bonchev–Trinajstić information content (AvgIpc) is 2.23. The Morgan fingerprint density at radius 3 is 1.43 bits per heavy atom. The first-order chi connectivity index (χ1) is 6.79. The fraction of sp³-hybridized carbons (Fsp3) is 0.667. The smallest absolute Gasteiger partial charge is 0.0500 e. The third-order valence-corrected chi connectivity index (χ3v) is 2.21. The molecule has 2 heteroatoms. The standard InChI is InChI=1S/C12H22O2/c1-3-5-7-11(9-13)12(10-14)8-6-4-2/h5-8,11-14H,3-4,9-10H2,1-2H3/b7-5+,8-6+/t11-,12+. The molecule has 14 heavy (non-hydrogen) atoms. The number of rotatable bonds is 7. The van der Waals surface area contributed by atoms with Gasteiger partial charge in [0.1, 0.15) is 0 Å². The van der Waals surface area contributed by atoms with Crippen LogP contribution in [0.3, 0.4) is 0 Å². The molecular weight excluding hydrogens is 176 g/mol. The van der Waals surface area contributed by atoms with Crippen molar-refractivity contribution in [3.8, 4) is 0 Å². The minimum absolute atomic E-state index is 0.0442. The minimum atomic E-state index is 0.0442. The van der Waals surface area contributed by atoms with E-state index in [1.807, 2.05) is 24.3 Å².